The summed E-state index contributed by atoms with van der Waals surface area (Å²) < 4.78 is 43.7. The normalized spacial score (nSPS) is 17.2. The molecule has 0 amide bonds. The molecule has 2 aromatic carbocycles. The van der Waals surface area contributed by atoms with Crippen LogP contribution in [0.4, 0.5) is 13.2 Å². The molecule has 30 heavy (non-hydrogen) atoms. The molecule has 1 aliphatic rings. The van der Waals surface area contributed by atoms with Crippen LogP contribution in [0.15, 0.2) is 54.6 Å². The molecule has 0 aliphatic carbocycles. The Kier molecular flexibility index (Phi) is 4.70. The van der Waals surface area contributed by atoms with Crippen LogP contribution in [0.1, 0.15) is 18.5 Å². The maximum absolute atomic E-state index is 13.9. The van der Waals surface area contributed by atoms with E-state index in [9.17, 15) is 13.2 Å². The fraction of sp³-hybridized carbons (Fsp3) is 0.304. The molecule has 7 heteroatoms. The highest BCUT2D eigenvalue weighted by atomic mass is 19.4. The van der Waals surface area contributed by atoms with Gasteiger partial charge in [-0.25, -0.2) is 9.97 Å². The summed E-state index contributed by atoms with van der Waals surface area (Å²) in [6.45, 7) is 2.55. The number of rotatable bonds is 4. The molecule has 0 saturated carbocycles. The first-order valence-corrected chi connectivity index (χ1v) is 10.1. The minimum absolute atomic E-state index is 0.0791. The van der Waals surface area contributed by atoms with Gasteiger partial charge >= 0.3 is 6.18 Å². The van der Waals surface area contributed by atoms with Gasteiger partial charge in [0.05, 0.1) is 11.0 Å². The lowest BCUT2D eigenvalue weighted by Gasteiger charge is -2.14. The number of pyridine rings is 1. The third-order valence-corrected chi connectivity index (χ3v) is 5.81. The third kappa shape index (κ3) is 3.33. The number of alkyl halides is 3. The van der Waals surface area contributed by atoms with Crippen molar-refractivity contribution in [1.29, 1.82) is 0 Å². The molecule has 3 heterocycles. The fourth-order valence-corrected chi connectivity index (χ4v) is 4.33. The second-order valence-electron chi connectivity index (χ2n) is 7.77. The number of fused-ring (bicyclic) bond motifs is 3. The summed E-state index contributed by atoms with van der Waals surface area (Å²) in [5.41, 5.74) is 0.646. The Balaban J connectivity index is 1.79. The number of halogens is 3. The van der Waals surface area contributed by atoms with Gasteiger partial charge in [-0.15, -0.1) is 0 Å². The predicted octanol–water partition coefficient (Wildman–Crippen LogP) is 5.27. The Labute approximate surface area is 171 Å². The van der Waals surface area contributed by atoms with Crippen molar-refractivity contribution < 1.29 is 13.2 Å². The SMILES string of the molecule is FC(F)(F)c1nc2ccccc2c2c1nc(-c1ccccc1)n2CCC1CCNC1. The van der Waals surface area contributed by atoms with Crippen molar-refractivity contribution in [2.45, 2.75) is 25.6 Å². The van der Waals surface area contributed by atoms with Gasteiger partial charge in [0.15, 0.2) is 5.69 Å². The molecule has 0 radical (unpaired) electrons. The van der Waals surface area contributed by atoms with Gasteiger partial charge in [0.2, 0.25) is 0 Å². The van der Waals surface area contributed by atoms with Gasteiger partial charge in [0, 0.05) is 17.5 Å². The van der Waals surface area contributed by atoms with Gasteiger partial charge < -0.3 is 9.88 Å². The van der Waals surface area contributed by atoms with Gasteiger partial charge in [-0.1, -0.05) is 48.5 Å². The van der Waals surface area contributed by atoms with Crippen molar-refractivity contribution in [3.8, 4) is 11.4 Å². The molecule has 1 fully saturated rings. The van der Waals surface area contributed by atoms with E-state index >= 15 is 0 Å². The Morgan fingerprint density at radius 2 is 1.77 bits per heavy atom. The van der Waals surface area contributed by atoms with Gasteiger partial charge in [0.1, 0.15) is 11.3 Å². The molecular weight excluding hydrogens is 389 g/mol. The highest BCUT2D eigenvalue weighted by Crippen LogP contribution is 2.38. The number of aromatic nitrogens is 3. The summed E-state index contributed by atoms with van der Waals surface area (Å²) in [7, 11) is 0. The minimum atomic E-state index is -4.58. The largest absolute Gasteiger partial charge is 0.435 e. The van der Waals surface area contributed by atoms with Crippen molar-refractivity contribution in [3.63, 3.8) is 0 Å². The molecule has 1 aliphatic heterocycles. The molecule has 5 rings (SSSR count). The summed E-state index contributed by atoms with van der Waals surface area (Å²) in [6, 6.07) is 16.4. The van der Waals surface area contributed by atoms with Crippen LogP contribution >= 0.6 is 0 Å². The smallest absolute Gasteiger partial charge is 0.323 e. The first-order chi connectivity index (χ1) is 14.5. The lowest BCUT2D eigenvalue weighted by atomic mass is 10.0. The average Bonchev–Trinajstić information content (AvgIpc) is 3.39. The predicted molar refractivity (Wildman–Crippen MR) is 111 cm³/mol. The van der Waals surface area contributed by atoms with Crippen LogP contribution in [0.3, 0.4) is 0 Å². The second-order valence-corrected chi connectivity index (χ2v) is 7.77. The molecule has 0 spiro atoms. The highest BCUT2D eigenvalue weighted by molar-refractivity contribution is 6.04. The molecule has 0 bridgehead atoms. The Morgan fingerprint density at radius 3 is 2.50 bits per heavy atom. The molecule has 4 nitrogen and oxygen atoms in total. The van der Waals surface area contributed by atoms with E-state index in [0.717, 1.165) is 31.5 Å². The summed E-state index contributed by atoms with van der Waals surface area (Å²) in [4.78, 5) is 8.46. The van der Waals surface area contributed by atoms with Crippen LogP contribution in [0.5, 0.6) is 0 Å². The Hall–Kier alpha value is -2.93. The first kappa shape index (κ1) is 19.1. The maximum atomic E-state index is 13.9. The number of benzene rings is 2. The first-order valence-electron chi connectivity index (χ1n) is 10.1. The minimum Gasteiger partial charge on any atom is -0.323 e. The zero-order valence-corrected chi connectivity index (χ0v) is 16.3. The number of para-hydroxylation sites is 1. The van der Waals surface area contributed by atoms with Crippen LogP contribution in [-0.4, -0.2) is 27.6 Å². The molecule has 1 saturated heterocycles. The lowest BCUT2D eigenvalue weighted by Crippen LogP contribution is -2.12. The zero-order valence-electron chi connectivity index (χ0n) is 16.3. The number of hydrogen-bond donors (Lipinski definition) is 1. The van der Waals surface area contributed by atoms with Gasteiger partial charge in [-0.3, -0.25) is 0 Å². The fourth-order valence-electron chi connectivity index (χ4n) is 4.33. The highest BCUT2D eigenvalue weighted by Gasteiger charge is 2.37. The number of aryl methyl sites for hydroxylation is 1. The molecule has 2 aromatic heterocycles. The lowest BCUT2D eigenvalue weighted by molar-refractivity contribution is -0.139. The second kappa shape index (κ2) is 7.40. The van der Waals surface area contributed by atoms with E-state index < -0.39 is 11.9 Å². The Morgan fingerprint density at radius 1 is 1.00 bits per heavy atom. The van der Waals surface area contributed by atoms with E-state index in [4.69, 9.17) is 0 Å². The molecule has 1 N–H and O–H groups in total. The quantitative estimate of drug-likeness (QED) is 0.498. The maximum Gasteiger partial charge on any atom is 0.435 e. The standard InChI is InChI=1S/C23H21F3N4/c24-23(25,26)21-19-20(17-8-4-5-9-18(17)28-21)30(13-11-15-10-12-27-14-15)22(29-19)16-6-2-1-3-7-16/h1-9,15,27H,10-14H2. The van der Waals surface area contributed by atoms with Crippen LogP contribution < -0.4 is 5.32 Å². The van der Waals surface area contributed by atoms with Crippen molar-refractivity contribution in [1.82, 2.24) is 19.9 Å². The van der Waals surface area contributed by atoms with E-state index in [1.54, 1.807) is 12.1 Å². The van der Waals surface area contributed by atoms with Crippen LogP contribution in [-0.2, 0) is 12.7 Å². The Bertz CT molecular complexity index is 1190. The molecule has 154 valence electrons. The molecule has 1 unspecified atom stereocenters. The molecule has 1 atom stereocenters. The molecule has 4 aromatic rings. The average molecular weight is 410 g/mol. The monoisotopic (exact) mass is 410 g/mol. The molecular formula is C23H21F3N4. The number of nitrogens with zero attached hydrogens (tertiary/aromatic N) is 3. The van der Waals surface area contributed by atoms with Gasteiger partial charge in [-0.05, 0) is 37.9 Å². The summed E-state index contributed by atoms with van der Waals surface area (Å²) in [5.74, 6) is 1.07. The van der Waals surface area contributed by atoms with Crippen LogP contribution in [0.25, 0.3) is 33.3 Å². The third-order valence-electron chi connectivity index (χ3n) is 5.81. The van der Waals surface area contributed by atoms with Gasteiger partial charge in [0.25, 0.3) is 0 Å². The van der Waals surface area contributed by atoms with E-state index in [2.05, 4.69) is 15.3 Å². The van der Waals surface area contributed by atoms with Crippen molar-refractivity contribution in [3.05, 3.63) is 60.3 Å². The van der Waals surface area contributed by atoms with E-state index in [0.29, 0.717) is 34.7 Å². The van der Waals surface area contributed by atoms with Crippen molar-refractivity contribution in [2.75, 3.05) is 13.1 Å². The number of imidazole rings is 1. The number of nitrogens with one attached hydrogen (secondary N) is 1. The summed E-state index contributed by atoms with van der Waals surface area (Å²) in [6.07, 6.45) is -2.61. The topological polar surface area (TPSA) is 42.7 Å². The summed E-state index contributed by atoms with van der Waals surface area (Å²) >= 11 is 0. The van der Waals surface area contributed by atoms with Crippen molar-refractivity contribution >= 4 is 21.9 Å². The zero-order chi connectivity index (χ0) is 20.7. The number of hydrogen-bond acceptors (Lipinski definition) is 3. The van der Waals surface area contributed by atoms with Crippen LogP contribution in [0.2, 0.25) is 0 Å². The van der Waals surface area contributed by atoms with Crippen LogP contribution in [0, 0.1) is 5.92 Å². The summed E-state index contributed by atoms with van der Waals surface area (Å²) in [5, 5.41) is 4.06. The van der Waals surface area contributed by atoms with Gasteiger partial charge in [-0.2, -0.15) is 13.2 Å². The van der Waals surface area contributed by atoms with E-state index in [1.807, 2.05) is 47.0 Å². The van der Waals surface area contributed by atoms with E-state index in [1.165, 1.54) is 0 Å². The van der Waals surface area contributed by atoms with Crippen molar-refractivity contribution in [2.24, 2.45) is 5.92 Å². The van der Waals surface area contributed by atoms with E-state index in [-0.39, 0.29) is 5.52 Å².